The molecule has 0 aliphatic heterocycles. The van der Waals surface area contributed by atoms with Gasteiger partial charge in [0.2, 0.25) is 0 Å². The molecule has 0 bridgehead atoms. The molecule has 0 heterocycles. The normalized spacial score (nSPS) is 13.4. The zero-order chi connectivity index (χ0) is 25.5. The maximum Gasteiger partial charge on any atom is 0.416 e. The molecule has 4 rings (SSSR count). The lowest BCUT2D eigenvalue weighted by Crippen LogP contribution is -2.16. The van der Waals surface area contributed by atoms with Gasteiger partial charge in [0.15, 0.2) is 5.75 Å². The first-order valence-corrected chi connectivity index (χ1v) is 12.1. The molecule has 1 N–H and O–H groups in total. The number of nitrogens with one attached hydrogen (secondary N) is 1. The lowest BCUT2D eigenvalue weighted by Gasteiger charge is -2.18. The fraction of sp³-hybridized carbons (Fsp3) is 0.250. The molecule has 1 aliphatic carbocycles. The number of hydrogen-bond donors (Lipinski definition) is 1. The van der Waals surface area contributed by atoms with E-state index in [0.29, 0.717) is 11.8 Å². The monoisotopic (exact) mass is 506 g/mol. The average molecular weight is 507 g/mol. The number of rotatable bonds is 6. The number of anilines is 1. The molecule has 0 radical (unpaired) electrons. The van der Waals surface area contributed by atoms with E-state index in [4.69, 9.17) is 4.74 Å². The fourth-order valence-corrected chi connectivity index (χ4v) is 5.46. The number of nitro groups is 1. The van der Waals surface area contributed by atoms with Crippen LogP contribution in [0.5, 0.6) is 11.5 Å². The maximum atomic E-state index is 13.4. The van der Waals surface area contributed by atoms with Crippen LogP contribution in [0.2, 0.25) is 0 Å². The van der Waals surface area contributed by atoms with Crippen LogP contribution < -0.4 is 9.46 Å². The fourth-order valence-electron chi connectivity index (χ4n) is 4.13. The van der Waals surface area contributed by atoms with Gasteiger partial charge in [0.05, 0.1) is 21.1 Å². The van der Waals surface area contributed by atoms with Crippen molar-refractivity contribution in [3.63, 3.8) is 0 Å². The minimum absolute atomic E-state index is 0.123. The van der Waals surface area contributed by atoms with Gasteiger partial charge in [-0.1, -0.05) is 12.1 Å². The summed E-state index contributed by atoms with van der Waals surface area (Å²) >= 11 is 0. The molecule has 3 aromatic carbocycles. The van der Waals surface area contributed by atoms with E-state index in [2.05, 4.69) is 4.72 Å². The van der Waals surface area contributed by atoms with E-state index in [-0.39, 0.29) is 11.3 Å². The van der Waals surface area contributed by atoms with E-state index in [1.807, 2.05) is 13.0 Å². The van der Waals surface area contributed by atoms with E-state index in [1.165, 1.54) is 13.0 Å². The first kappa shape index (κ1) is 24.5. The Kier molecular flexibility index (Phi) is 6.22. The lowest BCUT2D eigenvalue weighted by molar-refractivity contribution is -0.385. The topological polar surface area (TPSA) is 98.5 Å². The van der Waals surface area contributed by atoms with Gasteiger partial charge in [-0.2, -0.15) is 13.2 Å². The molecule has 1 aliphatic rings. The van der Waals surface area contributed by atoms with Gasteiger partial charge in [0.25, 0.3) is 15.7 Å². The number of ether oxygens (including phenoxy) is 1. The van der Waals surface area contributed by atoms with E-state index >= 15 is 0 Å². The number of nitro benzene ring substituents is 1. The van der Waals surface area contributed by atoms with Crippen LogP contribution in [0.25, 0.3) is 0 Å². The Morgan fingerprint density at radius 1 is 0.943 bits per heavy atom. The Labute approximate surface area is 199 Å². The minimum atomic E-state index is -4.73. The summed E-state index contributed by atoms with van der Waals surface area (Å²) in [4.78, 5) is 9.94. The summed E-state index contributed by atoms with van der Waals surface area (Å²) in [6.45, 7) is 3.39. The third-order valence-corrected chi connectivity index (χ3v) is 7.43. The molecule has 0 spiro atoms. The highest BCUT2D eigenvalue weighted by Crippen LogP contribution is 2.41. The smallest absolute Gasteiger partial charge is 0.416 e. The second-order valence-electron chi connectivity index (χ2n) is 8.31. The molecule has 0 atom stereocenters. The average Bonchev–Trinajstić information content (AvgIpc) is 3.27. The summed E-state index contributed by atoms with van der Waals surface area (Å²) in [5.41, 5.74) is 1.35. The predicted octanol–water partition coefficient (Wildman–Crippen LogP) is 6.31. The molecule has 35 heavy (non-hydrogen) atoms. The largest absolute Gasteiger partial charge is 0.455 e. The van der Waals surface area contributed by atoms with Crippen LogP contribution in [0.3, 0.4) is 0 Å². The quantitative estimate of drug-likeness (QED) is 0.312. The molecule has 0 unspecified atom stereocenters. The van der Waals surface area contributed by atoms with Crippen molar-refractivity contribution in [1.82, 2.24) is 0 Å². The lowest BCUT2D eigenvalue weighted by atomic mass is 10.0. The molecule has 0 saturated heterocycles. The SMILES string of the molecule is Cc1ccc([N+](=O)[O-])cc1S(=O)(=O)Nc1cc(C(F)(F)F)ccc1Oc1ccc(C)c2c1CCC2. The molecule has 0 amide bonds. The van der Waals surface area contributed by atoms with Crippen LogP contribution in [-0.2, 0) is 29.0 Å². The van der Waals surface area contributed by atoms with Crippen LogP contribution in [-0.4, -0.2) is 13.3 Å². The van der Waals surface area contributed by atoms with Crippen molar-refractivity contribution in [2.75, 3.05) is 4.72 Å². The van der Waals surface area contributed by atoms with Crippen LogP contribution in [0.4, 0.5) is 24.5 Å². The van der Waals surface area contributed by atoms with Gasteiger partial charge in [-0.15, -0.1) is 0 Å². The van der Waals surface area contributed by atoms with Crippen LogP contribution in [0, 0.1) is 24.0 Å². The van der Waals surface area contributed by atoms with E-state index in [0.717, 1.165) is 60.2 Å². The Hall–Kier alpha value is -3.60. The molecule has 0 fully saturated rings. The molecule has 3 aromatic rings. The van der Waals surface area contributed by atoms with Crippen LogP contribution in [0.1, 0.15) is 34.2 Å². The zero-order valence-corrected chi connectivity index (χ0v) is 19.6. The Morgan fingerprint density at radius 3 is 2.29 bits per heavy atom. The molecule has 184 valence electrons. The molecule has 0 aromatic heterocycles. The highest BCUT2D eigenvalue weighted by atomic mass is 32.2. The number of halogens is 3. The number of non-ortho nitro benzene ring substituents is 1. The second-order valence-corrected chi connectivity index (χ2v) is 9.97. The van der Waals surface area contributed by atoms with Crippen molar-refractivity contribution in [1.29, 1.82) is 0 Å². The number of nitrogens with zero attached hydrogens (tertiary/aromatic N) is 1. The summed E-state index contributed by atoms with van der Waals surface area (Å²) in [6.07, 6.45) is -2.22. The molecule has 7 nitrogen and oxygen atoms in total. The Bertz CT molecular complexity index is 1440. The van der Waals surface area contributed by atoms with Gasteiger partial charge in [-0.05, 0) is 79.6 Å². The third kappa shape index (κ3) is 4.95. The first-order valence-electron chi connectivity index (χ1n) is 10.6. The van der Waals surface area contributed by atoms with Gasteiger partial charge < -0.3 is 4.74 Å². The number of alkyl halides is 3. The van der Waals surface area contributed by atoms with Gasteiger partial charge in [0, 0.05) is 12.1 Å². The highest BCUT2D eigenvalue weighted by molar-refractivity contribution is 7.92. The Morgan fingerprint density at radius 2 is 1.60 bits per heavy atom. The minimum Gasteiger partial charge on any atom is -0.455 e. The van der Waals surface area contributed by atoms with Gasteiger partial charge >= 0.3 is 6.18 Å². The van der Waals surface area contributed by atoms with Crippen molar-refractivity contribution in [3.8, 4) is 11.5 Å². The number of hydrogen-bond acceptors (Lipinski definition) is 5. The summed E-state index contributed by atoms with van der Waals surface area (Å²) in [7, 11) is -4.50. The summed E-state index contributed by atoms with van der Waals surface area (Å²) < 4.78 is 74.6. The molecular weight excluding hydrogens is 485 g/mol. The summed E-state index contributed by atoms with van der Waals surface area (Å²) in [6, 6.07) is 9.33. The predicted molar refractivity (Wildman–Crippen MR) is 123 cm³/mol. The second kappa shape index (κ2) is 8.88. The van der Waals surface area contributed by atoms with E-state index in [9.17, 15) is 31.7 Å². The maximum absolute atomic E-state index is 13.4. The number of fused-ring (bicyclic) bond motifs is 1. The van der Waals surface area contributed by atoms with E-state index in [1.54, 1.807) is 6.07 Å². The third-order valence-electron chi connectivity index (χ3n) is 5.92. The van der Waals surface area contributed by atoms with Crippen LogP contribution >= 0.6 is 0 Å². The van der Waals surface area contributed by atoms with Crippen molar-refractivity contribution in [2.45, 2.75) is 44.2 Å². The summed E-state index contributed by atoms with van der Waals surface area (Å²) in [5.74, 6) is 0.317. The van der Waals surface area contributed by atoms with E-state index < -0.39 is 43.0 Å². The summed E-state index contributed by atoms with van der Waals surface area (Å²) in [5, 5.41) is 11.1. The van der Waals surface area contributed by atoms with Gasteiger partial charge in [0.1, 0.15) is 5.75 Å². The standard InChI is InChI=1S/C24H21F3N2O5S/c1-14-7-10-21(19-5-3-4-18(14)19)34-22-11-8-16(24(25,26)27)12-20(22)28-35(32,33)23-13-17(29(30)31)9-6-15(23)2/h6-13,28H,3-5H2,1-2H3. The van der Waals surface area contributed by atoms with Crippen molar-refractivity contribution < 1.29 is 31.2 Å². The van der Waals surface area contributed by atoms with Crippen molar-refractivity contribution in [3.05, 3.63) is 86.5 Å². The molecule has 0 saturated carbocycles. The molecule has 11 heteroatoms. The van der Waals surface area contributed by atoms with Crippen molar-refractivity contribution >= 4 is 21.4 Å². The Balaban J connectivity index is 1.79. The number of aryl methyl sites for hydroxylation is 2. The number of sulfonamides is 1. The van der Waals surface area contributed by atoms with Crippen LogP contribution in [0.15, 0.2) is 53.4 Å². The highest BCUT2D eigenvalue weighted by Gasteiger charge is 2.32. The molecular formula is C24H21F3N2O5S. The first-order chi connectivity index (χ1) is 16.4. The van der Waals surface area contributed by atoms with Crippen molar-refractivity contribution in [2.24, 2.45) is 0 Å². The van der Waals surface area contributed by atoms with Gasteiger partial charge in [-0.25, -0.2) is 8.42 Å². The zero-order valence-electron chi connectivity index (χ0n) is 18.8. The number of benzene rings is 3. The van der Waals surface area contributed by atoms with Gasteiger partial charge in [-0.3, -0.25) is 14.8 Å².